The van der Waals surface area contributed by atoms with E-state index in [0.717, 1.165) is 21.4 Å². The molecule has 0 aromatic heterocycles. The molecule has 0 aliphatic heterocycles. The summed E-state index contributed by atoms with van der Waals surface area (Å²) in [7, 11) is 0. The number of hydrazone groups is 1. The maximum absolute atomic E-state index is 12.0. The number of hydrogen-bond acceptors (Lipinski definition) is 4. The topological polar surface area (TPSA) is 41.5 Å². The Balaban J connectivity index is 1.82. The highest BCUT2D eigenvalue weighted by atomic mass is 32.2. The first kappa shape index (κ1) is 18.2. The van der Waals surface area contributed by atoms with E-state index in [1.807, 2.05) is 42.5 Å². The molecule has 0 unspecified atom stereocenters. The van der Waals surface area contributed by atoms with E-state index in [2.05, 4.69) is 48.6 Å². The van der Waals surface area contributed by atoms with Crippen molar-refractivity contribution < 1.29 is 4.79 Å². The zero-order valence-corrected chi connectivity index (χ0v) is 16.0. The maximum atomic E-state index is 12.0. The minimum Gasteiger partial charge on any atom is -0.292 e. The quantitative estimate of drug-likeness (QED) is 0.259. The van der Waals surface area contributed by atoms with Crippen LogP contribution in [-0.2, 0) is 4.79 Å². The second kappa shape index (κ2) is 8.19. The summed E-state index contributed by atoms with van der Waals surface area (Å²) >= 11 is 1.38. The molecule has 0 heterocycles. The van der Waals surface area contributed by atoms with Gasteiger partial charge in [0, 0.05) is 17.2 Å². The molecule has 0 saturated heterocycles. The molecule has 0 amide bonds. The molecular formula is C22H22N2OS. The molecule has 0 saturated carbocycles. The van der Waals surface area contributed by atoms with Crippen LogP contribution in [0.2, 0.25) is 0 Å². The summed E-state index contributed by atoms with van der Waals surface area (Å²) in [6.45, 7) is 5.87. The number of carbonyl (C=O) groups excluding carboxylic acids is 1. The van der Waals surface area contributed by atoms with Gasteiger partial charge in [-0.2, -0.15) is 5.10 Å². The SMILES string of the molecule is CC(=O)C(=NNc1cccc2ccccc12)Sc1ccc(C(C)C)cc1. The van der Waals surface area contributed by atoms with E-state index >= 15 is 0 Å². The number of Topliss-reactive ketones (excluding diaryl/α,β-unsaturated/α-hetero) is 1. The van der Waals surface area contributed by atoms with Crippen molar-refractivity contribution in [3.63, 3.8) is 0 Å². The molecule has 3 aromatic carbocycles. The van der Waals surface area contributed by atoms with E-state index < -0.39 is 0 Å². The van der Waals surface area contributed by atoms with Gasteiger partial charge in [-0.15, -0.1) is 0 Å². The Bertz CT molecular complexity index is 941. The third-order valence-electron chi connectivity index (χ3n) is 4.13. The maximum Gasteiger partial charge on any atom is 0.186 e. The van der Waals surface area contributed by atoms with E-state index in [0.29, 0.717) is 11.0 Å². The number of rotatable bonds is 5. The number of ketones is 1. The molecule has 4 heteroatoms. The van der Waals surface area contributed by atoms with Gasteiger partial charge in [0.1, 0.15) is 0 Å². The van der Waals surface area contributed by atoms with Crippen LogP contribution < -0.4 is 5.43 Å². The van der Waals surface area contributed by atoms with Crippen molar-refractivity contribution in [2.45, 2.75) is 31.6 Å². The standard InChI is InChI=1S/C22H22N2OS/c1-15(2)17-11-13-19(14-12-17)26-22(16(3)25)24-23-21-10-6-8-18-7-4-5-9-20(18)21/h4-15,23H,1-3H3. The molecule has 3 nitrogen and oxygen atoms in total. The number of anilines is 1. The molecule has 0 bridgehead atoms. The van der Waals surface area contributed by atoms with Crippen molar-refractivity contribution in [2.24, 2.45) is 5.10 Å². The van der Waals surface area contributed by atoms with Crippen LogP contribution in [0.5, 0.6) is 0 Å². The van der Waals surface area contributed by atoms with E-state index in [9.17, 15) is 4.79 Å². The molecule has 0 spiro atoms. The van der Waals surface area contributed by atoms with Crippen molar-refractivity contribution in [1.82, 2.24) is 0 Å². The number of nitrogens with one attached hydrogen (secondary N) is 1. The monoisotopic (exact) mass is 362 g/mol. The number of carbonyl (C=O) groups is 1. The second-order valence-corrected chi connectivity index (χ2v) is 7.50. The molecule has 1 N–H and O–H groups in total. The van der Waals surface area contributed by atoms with Crippen molar-refractivity contribution in [3.8, 4) is 0 Å². The fraction of sp³-hybridized carbons (Fsp3) is 0.182. The summed E-state index contributed by atoms with van der Waals surface area (Å²) in [4.78, 5) is 13.0. The van der Waals surface area contributed by atoms with Crippen molar-refractivity contribution in [2.75, 3.05) is 5.43 Å². The number of thioether (sulfide) groups is 1. The number of nitrogens with zero attached hydrogens (tertiary/aromatic N) is 1. The molecule has 0 atom stereocenters. The van der Waals surface area contributed by atoms with Crippen LogP contribution in [0.15, 0.2) is 76.7 Å². The van der Waals surface area contributed by atoms with E-state index in [-0.39, 0.29) is 5.78 Å². The van der Waals surface area contributed by atoms with Gasteiger partial charge in [0.2, 0.25) is 0 Å². The average molecular weight is 362 g/mol. The van der Waals surface area contributed by atoms with Crippen LogP contribution in [0.1, 0.15) is 32.3 Å². The Kier molecular flexibility index (Phi) is 5.74. The number of benzene rings is 3. The first-order valence-corrected chi connectivity index (χ1v) is 9.46. The number of fused-ring (bicyclic) bond motifs is 1. The first-order chi connectivity index (χ1) is 12.5. The summed E-state index contributed by atoms with van der Waals surface area (Å²) in [6.07, 6.45) is 0. The smallest absolute Gasteiger partial charge is 0.186 e. The summed E-state index contributed by atoms with van der Waals surface area (Å²) in [5, 5.41) is 7.03. The molecule has 0 radical (unpaired) electrons. The molecule has 3 rings (SSSR count). The zero-order chi connectivity index (χ0) is 18.5. The van der Waals surface area contributed by atoms with Gasteiger partial charge in [-0.3, -0.25) is 10.2 Å². The van der Waals surface area contributed by atoms with Gasteiger partial charge < -0.3 is 0 Å². The molecule has 132 valence electrons. The molecular weight excluding hydrogens is 340 g/mol. The summed E-state index contributed by atoms with van der Waals surface area (Å²) in [6, 6.07) is 22.4. The fourth-order valence-corrected chi connectivity index (χ4v) is 3.37. The third kappa shape index (κ3) is 4.33. The van der Waals surface area contributed by atoms with Crippen molar-refractivity contribution in [3.05, 3.63) is 72.3 Å². The van der Waals surface area contributed by atoms with Crippen LogP contribution in [0.4, 0.5) is 5.69 Å². The van der Waals surface area contributed by atoms with Gasteiger partial charge in [0.15, 0.2) is 10.8 Å². The Morgan fingerprint density at radius 3 is 2.35 bits per heavy atom. The van der Waals surface area contributed by atoms with Crippen LogP contribution >= 0.6 is 11.8 Å². The predicted molar refractivity (Wildman–Crippen MR) is 112 cm³/mol. The Morgan fingerprint density at radius 2 is 1.65 bits per heavy atom. The zero-order valence-electron chi connectivity index (χ0n) is 15.2. The largest absolute Gasteiger partial charge is 0.292 e. The summed E-state index contributed by atoms with van der Waals surface area (Å²) in [5.41, 5.74) is 5.23. The summed E-state index contributed by atoms with van der Waals surface area (Å²) in [5.74, 6) is 0.429. The Labute approximate surface area is 158 Å². The van der Waals surface area contributed by atoms with Gasteiger partial charge >= 0.3 is 0 Å². The fourth-order valence-electron chi connectivity index (χ4n) is 2.64. The lowest BCUT2D eigenvalue weighted by Gasteiger charge is -2.09. The average Bonchev–Trinajstić information content (AvgIpc) is 2.65. The van der Waals surface area contributed by atoms with E-state index in [1.165, 1.54) is 17.3 Å². The van der Waals surface area contributed by atoms with Crippen LogP contribution in [0, 0.1) is 0 Å². The van der Waals surface area contributed by atoms with Crippen molar-refractivity contribution >= 4 is 39.0 Å². The highest BCUT2D eigenvalue weighted by Gasteiger charge is 2.10. The molecule has 0 aliphatic carbocycles. The van der Waals surface area contributed by atoms with Gasteiger partial charge in [0.05, 0.1) is 5.69 Å². The van der Waals surface area contributed by atoms with Crippen LogP contribution in [0.3, 0.4) is 0 Å². The lowest BCUT2D eigenvalue weighted by Crippen LogP contribution is -2.08. The van der Waals surface area contributed by atoms with Gasteiger partial charge in [0.25, 0.3) is 0 Å². The van der Waals surface area contributed by atoms with Gasteiger partial charge in [-0.25, -0.2) is 0 Å². The van der Waals surface area contributed by atoms with Gasteiger partial charge in [-0.1, -0.05) is 74.1 Å². The van der Waals surface area contributed by atoms with Crippen LogP contribution in [0.25, 0.3) is 10.8 Å². The van der Waals surface area contributed by atoms with E-state index in [4.69, 9.17) is 0 Å². The third-order valence-corrected chi connectivity index (χ3v) is 5.21. The molecule has 0 fully saturated rings. The highest BCUT2D eigenvalue weighted by Crippen LogP contribution is 2.25. The van der Waals surface area contributed by atoms with Crippen LogP contribution in [-0.4, -0.2) is 10.8 Å². The Morgan fingerprint density at radius 1 is 0.962 bits per heavy atom. The number of hydrogen-bond donors (Lipinski definition) is 1. The van der Waals surface area contributed by atoms with Crippen molar-refractivity contribution in [1.29, 1.82) is 0 Å². The summed E-state index contributed by atoms with van der Waals surface area (Å²) < 4.78 is 0. The molecule has 26 heavy (non-hydrogen) atoms. The highest BCUT2D eigenvalue weighted by molar-refractivity contribution is 8.15. The first-order valence-electron chi connectivity index (χ1n) is 8.65. The predicted octanol–water partition coefficient (Wildman–Crippen LogP) is 6.07. The van der Waals surface area contributed by atoms with Gasteiger partial charge in [-0.05, 0) is 35.1 Å². The van der Waals surface area contributed by atoms with E-state index in [1.54, 1.807) is 6.92 Å². The molecule has 3 aromatic rings. The minimum atomic E-state index is -0.0596. The Hall–Kier alpha value is -2.59. The lowest BCUT2D eigenvalue weighted by atomic mass is 10.0. The minimum absolute atomic E-state index is 0.0596. The lowest BCUT2D eigenvalue weighted by molar-refractivity contribution is -0.110. The molecule has 0 aliphatic rings. The normalized spacial score (nSPS) is 11.8. The second-order valence-electron chi connectivity index (χ2n) is 6.44.